The first-order valence-corrected chi connectivity index (χ1v) is 9.64. The fourth-order valence-corrected chi connectivity index (χ4v) is 4.18. The van der Waals surface area contributed by atoms with Gasteiger partial charge in [-0.1, -0.05) is 37.3 Å². The number of benzene rings is 1. The summed E-state index contributed by atoms with van der Waals surface area (Å²) in [6.45, 7) is 0.335. The number of amides is 3. The maximum Gasteiger partial charge on any atom is 0.406 e. The highest BCUT2D eigenvalue weighted by Gasteiger charge is 2.56. The average molecular weight is 424 g/mol. The van der Waals surface area contributed by atoms with Gasteiger partial charge < -0.3 is 10.1 Å². The summed E-state index contributed by atoms with van der Waals surface area (Å²) in [5, 5.41) is 2.76. The third-order valence-electron chi connectivity index (χ3n) is 5.59. The lowest BCUT2D eigenvalue weighted by Crippen LogP contribution is -2.45. The molecule has 4 atom stereocenters. The van der Waals surface area contributed by atoms with Crippen molar-refractivity contribution in [2.75, 3.05) is 20.2 Å². The number of rotatable bonds is 6. The standard InChI is InChI=1S/C21H23F3N2O4/c1-12-7-8-14-17(20(29)26(19(14)28)11-21(22,23)24)16(12)18(27)25-10-9-13-5-3-4-6-15(13)30-2/h3-8,12,14,16-17H,9-11H2,1-2H3,(H,25,27)/t12-,14+,16-,17+/m1/s1. The van der Waals surface area contributed by atoms with E-state index in [4.69, 9.17) is 4.74 Å². The number of fused-ring (bicyclic) bond motifs is 1. The van der Waals surface area contributed by atoms with Crippen LogP contribution in [0, 0.1) is 23.7 Å². The van der Waals surface area contributed by atoms with Crippen LogP contribution >= 0.6 is 0 Å². The van der Waals surface area contributed by atoms with E-state index in [0.29, 0.717) is 12.2 Å². The number of carbonyl (C=O) groups is 3. The van der Waals surface area contributed by atoms with Crippen LogP contribution in [0.1, 0.15) is 12.5 Å². The van der Waals surface area contributed by atoms with Crippen molar-refractivity contribution in [1.82, 2.24) is 10.2 Å². The Hall–Kier alpha value is -2.84. The van der Waals surface area contributed by atoms with Gasteiger partial charge in [-0.2, -0.15) is 13.2 Å². The van der Waals surface area contributed by atoms with Gasteiger partial charge in [0.2, 0.25) is 17.7 Å². The molecule has 1 aromatic rings. The molecule has 1 aliphatic carbocycles. The molecule has 1 N–H and O–H groups in total. The number of methoxy groups -OCH3 is 1. The fourth-order valence-electron chi connectivity index (χ4n) is 4.18. The van der Waals surface area contributed by atoms with Gasteiger partial charge in [-0.05, 0) is 24.0 Å². The van der Waals surface area contributed by atoms with Crippen LogP contribution in [-0.4, -0.2) is 49.0 Å². The zero-order chi connectivity index (χ0) is 22.1. The third-order valence-corrected chi connectivity index (χ3v) is 5.59. The Morgan fingerprint density at radius 2 is 1.87 bits per heavy atom. The molecule has 0 spiro atoms. The van der Waals surface area contributed by atoms with Crippen molar-refractivity contribution < 1.29 is 32.3 Å². The van der Waals surface area contributed by atoms with Crippen LogP contribution in [0.25, 0.3) is 0 Å². The number of imide groups is 1. The summed E-state index contributed by atoms with van der Waals surface area (Å²) in [6, 6.07) is 7.33. The van der Waals surface area contributed by atoms with Crippen molar-refractivity contribution in [2.24, 2.45) is 23.7 Å². The zero-order valence-corrected chi connectivity index (χ0v) is 16.6. The molecule has 3 rings (SSSR count). The first-order chi connectivity index (χ1) is 14.1. The van der Waals surface area contributed by atoms with Crippen molar-refractivity contribution in [2.45, 2.75) is 19.5 Å². The molecule has 0 saturated carbocycles. The highest BCUT2D eigenvalue weighted by Crippen LogP contribution is 2.41. The topological polar surface area (TPSA) is 75.7 Å². The Morgan fingerprint density at radius 3 is 2.53 bits per heavy atom. The Morgan fingerprint density at radius 1 is 1.17 bits per heavy atom. The van der Waals surface area contributed by atoms with E-state index in [2.05, 4.69) is 5.32 Å². The monoisotopic (exact) mass is 424 g/mol. The number of carbonyl (C=O) groups excluding carboxylic acids is 3. The molecule has 162 valence electrons. The van der Waals surface area contributed by atoms with Crippen molar-refractivity contribution in [3.05, 3.63) is 42.0 Å². The minimum atomic E-state index is -4.69. The second-order valence-electron chi connectivity index (χ2n) is 7.55. The lowest BCUT2D eigenvalue weighted by Gasteiger charge is -2.30. The quantitative estimate of drug-likeness (QED) is 0.562. The molecule has 0 aromatic heterocycles. The minimum absolute atomic E-state index is 0.229. The highest BCUT2D eigenvalue weighted by atomic mass is 19.4. The number of hydrogen-bond acceptors (Lipinski definition) is 4. The molecule has 0 radical (unpaired) electrons. The molecule has 2 aliphatic rings. The number of allylic oxidation sites excluding steroid dienone is 1. The van der Waals surface area contributed by atoms with Gasteiger partial charge in [0.15, 0.2) is 0 Å². The molecule has 3 amide bonds. The fraction of sp³-hybridized carbons (Fsp3) is 0.476. The molecule has 9 heteroatoms. The summed E-state index contributed by atoms with van der Waals surface area (Å²) < 4.78 is 43.7. The lowest BCUT2D eigenvalue weighted by atomic mass is 9.71. The molecule has 1 fully saturated rings. The predicted octanol–water partition coefficient (Wildman–Crippen LogP) is 2.34. The second-order valence-corrected chi connectivity index (χ2v) is 7.55. The highest BCUT2D eigenvalue weighted by molar-refractivity contribution is 6.08. The van der Waals surface area contributed by atoms with Crippen LogP contribution in [0.15, 0.2) is 36.4 Å². The summed E-state index contributed by atoms with van der Waals surface area (Å²) in [5.74, 6) is -5.08. The molecule has 0 unspecified atom stereocenters. The minimum Gasteiger partial charge on any atom is -0.496 e. The van der Waals surface area contributed by atoms with E-state index < -0.39 is 48.2 Å². The molecular weight excluding hydrogens is 401 g/mol. The third kappa shape index (κ3) is 4.34. The van der Waals surface area contributed by atoms with E-state index in [9.17, 15) is 27.6 Å². The van der Waals surface area contributed by atoms with Crippen LogP contribution in [0.2, 0.25) is 0 Å². The van der Waals surface area contributed by atoms with Gasteiger partial charge in [0, 0.05) is 6.54 Å². The van der Waals surface area contributed by atoms with Crippen LogP contribution < -0.4 is 10.1 Å². The van der Waals surface area contributed by atoms with Gasteiger partial charge >= 0.3 is 6.18 Å². The first-order valence-electron chi connectivity index (χ1n) is 9.64. The number of hydrogen-bond donors (Lipinski definition) is 1. The molecule has 1 aliphatic heterocycles. The Bertz CT molecular complexity index is 868. The van der Waals surface area contributed by atoms with Crippen molar-refractivity contribution in [1.29, 1.82) is 0 Å². The molecule has 30 heavy (non-hydrogen) atoms. The molecular formula is C21H23F3N2O4. The van der Waals surface area contributed by atoms with Crippen LogP contribution in [0.4, 0.5) is 13.2 Å². The molecule has 1 heterocycles. The number of likely N-dealkylation sites (tertiary alicyclic amines) is 1. The van der Waals surface area contributed by atoms with Crippen LogP contribution in [0.5, 0.6) is 5.75 Å². The van der Waals surface area contributed by atoms with E-state index in [0.717, 1.165) is 5.56 Å². The molecule has 0 bridgehead atoms. The van der Waals surface area contributed by atoms with E-state index >= 15 is 0 Å². The number of para-hydroxylation sites is 1. The summed E-state index contributed by atoms with van der Waals surface area (Å²) in [6.07, 6.45) is -1.15. The number of nitrogens with one attached hydrogen (secondary N) is 1. The van der Waals surface area contributed by atoms with Crippen LogP contribution in [0.3, 0.4) is 0 Å². The van der Waals surface area contributed by atoms with Gasteiger partial charge in [-0.15, -0.1) is 0 Å². The molecule has 6 nitrogen and oxygen atoms in total. The molecule has 1 aromatic carbocycles. The summed E-state index contributed by atoms with van der Waals surface area (Å²) in [7, 11) is 1.54. The predicted molar refractivity (Wildman–Crippen MR) is 101 cm³/mol. The Balaban J connectivity index is 1.71. The smallest absolute Gasteiger partial charge is 0.406 e. The zero-order valence-electron chi connectivity index (χ0n) is 16.6. The van der Waals surface area contributed by atoms with E-state index in [1.165, 1.54) is 6.08 Å². The second kappa shape index (κ2) is 8.49. The number of halogens is 3. The number of alkyl halides is 3. The van der Waals surface area contributed by atoms with Crippen molar-refractivity contribution in [3.63, 3.8) is 0 Å². The van der Waals surface area contributed by atoms with Crippen molar-refractivity contribution >= 4 is 17.7 Å². The Labute approximate surface area is 172 Å². The summed E-state index contributed by atoms with van der Waals surface area (Å²) in [4.78, 5) is 38.1. The molecule has 1 saturated heterocycles. The van der Waals surface area contributed by atoms with Gasteiger partial charge in [-0.3, -0.25) is 19.3 Å². The average Bonchev–Trinajstić information content (AvgIpc) is 2.91. The SMILES string of the molecule is COc1ccccc1CCNC(=O)[C@H]1[C@H]2C(=O)N(CC(F)(F)F)C(=O)[C@H]2C=C[C@H]1C. The van der Waals surface area contributed by atoms with Gasteiger partial charge in [0.05, 0.1) is 24.9 Å². The van der Waals surface area contributed by atoms with Gasteiger partial charge in [0.1, 0.15) is 12.3 Å². The summed E-state index contributed by atoms with van der Waals surface area (Å²) in [5.41, 5.74) is 0.887. The van der Waals surface area contributed by atoms with E-state index in [1.807, 2.05) is 18.2 Å². The summed E-state index contributed by atoms with van der Waals surface area (Å²) >= 11 is 0. The Kier molecular flexibility index (Phi) is 6.19. The van der Waals surface area contributed by atoms with Gasteiger partial charge in [0.25, 0.3) is 0 Å². The van der Waals surface area contributed by atoms with Gasteiger partial charge in [-0.25, -0.2) is 0 Å². The van der Waals surface area contributed by atoms with Crippen molar-refractivity contribution in [3.8, 4) is 5.75 Å². The maximum atomic E-state index is 12.9. The van der Waals surface area contributed by atoms with Crippen LogP contribution in [-0.2, 0) is 20.8 Å². The maximum absolute atomic E-state index is 12.9. The first kappa shape index (κ1) is 21.9. The number of ether oxygens (including phenoxy) is 1. The van der Waals surface area contributed by atoms with E-state index in [-0.39, 0.29) is 17.4 Å². The normalized spacial score (nSPS) is 26.0. The lowest BCUT2D eigenvalue weighted by molar-refractivity contribution is -0.166. The van der Waals surface area contributed by atoms with E-state index in [1.54, 1.807) is 26.2 Å². The largest absolute Gasteiger partial charge is 0.496 e. The number of nitrogens with zero attached hydrogens (tertiary/aromatic N) is 1.